The highest BCUT2D eigenvalue weighted by atomic mass is 32.2. The molecular formula is C21H19FN2O3S2. The summed E-state index contributed by atoms with van der Waals surface area (Å²) in [5.41, 5.74) is 0.997. The van der Waals surface area contributed by atoms with Crippen LogP contribution in [0.2, 0.25) is 0 Å². The summed E-state index contributed by atoms with van der Waals surface area (Å²) in [6.45, 7) is 0. The van der Waals surface area contributed by atoms with Crippen LogP contribution in [0.5, 0.6) is 0 Å². The monoisotopic (exact) mass is 430 g/mol. The molecule has 1 fully saturated rings. The van der Waals surface area contributed by atoms with E-state index in [-0.39, 0.29) is 22.0 Å². The molecular weight excluding hydrogens is 411 g/mol. The summed E-state index contributed by atoms with van der Waals surface area (Å²) in [4.78, 5) is 17.7. The Bertz CT molecular complexity index is 1170. The molecule has 3 aromatic rings. The first-order chi connectivity index (χ1) is 13.8. The summed E-state index contributed by atoms with van der Waals surface area (Å²) in [7, 11) is -3.39. The first-order valence-corrected chi connectivity index (χ1v) is 11.8. The molecule has 1 aliphatic rings. The highest BCUT2D eigenvalue weighted by Gasteiger charge is 2.39. The highest BCUT2D eigenvalue weighted by Crippen LogP contribution is 2.44. The van der Waals surface area contributed by atoms with Gasteiger partial charge in [0.05, 0.1) is 21.5 Å². The number of sulfone groups is 1. The highest BCUT2D eigenvalue weighted by molar-refractivity contribution is 7.90. The lowest BCUT2D eigenvalue weighted by Gasteiger charge is -2.43. The molecule has 0 bridgehead atoms. The van der Waals surface area contributed by atoms with E-state index in [0.717, 1.165) is 31.1 Å². The predicted octanol–water partition coefficient (Wildman–Crippen LogP) is 4.41. The van der Waals surface area contributed by atoms with Crippen molar-refractivity contribution in [2.75, 3.05) is 11.6 Å². The van der Waals surface area contributed by atoms with Gasteiger partial charge in [-0.25, -0.2) is 17.8 Å². The van der Waals surface area contributed by atoms with Crippen LogP contribution in [0.3, 0.4) is 0 Å². The number of ketones is 1. The van der Waals surface area contributed by atoms with Crippen molar-refractivity contribution in [1.29, 1.82) is 0 Å². The molecule has 0 radical (unpaired) electrons. The fourth-order valence-electron chi connectivity index (χ4n) is 3.44. The summed E-state index contributed by atoms with van der Waals surface area (Å²) in [5.74, 6) is -0.549. The van der Waals surface area contributed by atoms with Gasteiger partial charge in [-0.15, -0.1) is 0 Å². The Morgan fingerprint density at radius 2 is 1.90 bits per heavy atom. The minimum Gasteiger partial charge on any atom is -0.352 e. The van der Waals surface area contributed by atoms with E-state index in [4.69, 9.17) is 0 Å². The first kappa shape index (κ1) is 19.7. The summed E-state index contributed by atoms with van der Waals surface area (Å²) in [5, 5.41) is 4.03. The van der Waals surface area contributed by atoms with E-state index < -0.39 is 9.84 Å². The van der Waals surface area contributed by atoms with Crippen molar-refractivity contribution >= 4 is 32.1 Å². The van der Waals surface area contributed by atoms with Crippen LogP contribution in [0.4, 0.5) is 9.52 Å². The molecule has 29 heavy (non-hydrogen) atoms. The first-order valence-electron chi connectivity index (χ1n) is 9.12. The van der Waals surface area contributed by atoms with Crippen LogP contribution in [0.25, 0.3) is 0 Å². The second kappa shape index (κ2) is 7.35. The maximum Gasteiger partial charge on any atom is 0.204 e. The standard InChI is InChI=1S/C21H19FN2O3S2/c1-29(26,27)17-5-2-4-14(12-17)19(25)18-13-23-20(28-18)24-21(10-3-11-21)15-6-8-16(22)9-7-15/h2,4-9,12-13H,3,10-11H2,1H3,(H,23,24). The number of carbonyl (C=O) groups is 1. The van der Waals surface area contributed by atoms with Gasteiger partial charge >= 0.3 is 0 Å². The predicted molar refractivity (Wildman–Crippen MR) is 111 cm³/mol. The fraction of sp³-hybridized carbons (Fsp3) is 0.238. The van der Waals surface area contributed by atoms with Gasteiger partial charge in [0.15, 0.2) is 15.0 Å². The molecule has 8 heteroatoms. The Kier molecular flexibility index (Phi) is 5.00. The van der Waals surface area contributed by atoms with Crippen molar-refractivity contribution in [2.45, 2.75) is 29.7 Å². The van der Waals surface area contributed by atoms with E-state index in [1.165, 1.54) is 41.8 Å². The van der Waals surface area contributed by atoms with Gasteiger partial charge in [0, 0.05) is 11.8 Å². The number of aromatic nitrogens is 1. The van der Waals surface area contributed by atoms with Gasteiger partial charge in [-0.1, -0.05) is 35.6 Å². The van der Waals surface area contributed by atoms with Crippen LogP contribution < -0.4 is 5.32 Å². The van der Waals surface area contributed by atoms with Crippen LogP contribution in [0, 0.1) is 5.82 Å². The quantitative estimate of drug-likeness (QED) is 0.587. The second-order valence-corrected chi connectivity index (χ2v) is 10.3. The number of carbonyl (C=O) groups excluding carboxylic acids is 1. The fourth-order valence-corrected chi connectivity index (χ4v) is 4.98. The number of hydrogen-bond acceptors (Lipinski definition) is 6. The number of thiazole rings is 1. The van der Waals surface area contributed by atoms with Crippen LogP contribution in [-0.2, 0) is 15.4 Å². The molecule has 1 N–H and O–H groups in total. The van der Waals surface area contributed by atoms with Gasteiger partial charge in [0.2, 0.25) is 5.78 Å². The van der Waals surface area contributed by atoms with Gasteiger partial charge in [-0.2, -0.15) is 0 Å². The van der Waals surface area contributed by atoms with Crippen molar-refractivity contribution < 1.29 is 17.6 Å². The number of anilines is 1. The third-order valence-corrected chi connectivity index (χ3v) is 7.23. The number of halogens is 1. The normalized spacial score (nSPS) is 15.5. The lowest BCUT2D eigenvalue weighted by atomic mass is 9.72. The summed E-state index contributed by atoms with van der Waals surface area (Å²) in [6.07, 6.45) is 5.47. The molecule has 0 saturated heterocycles. The molecule has 1 heterocycles. The smallest absolute Gasteiger partial charge is 0.204 e. The minimum atomic E-state index is -3.39. The van der Waals surface area contributed by atoms with E-state index >= 15 is 0 Å². The zero-order valence-corrected chi connectivity index (χ0v) is 17.3. The number of hydrogen-bond donors (Lipinski definition) is 1. The van der Waals surface area contributed by atoms with Crippen molar-refractivity contribution in [3.63, 3.8) is 0 Å². The molecule has 2 aromatic carbocycles. The molecule has 1 saturated carbocycles. The number of nitrogens with one attached hydrogen (secondary N) is 1. The lowest BCUT2D eigenvalue weighted by molar-refractivity contribution is 0.104. The molecule has 5 nitrogen and oxygen atoms in total. The average molecular weight is 431 g/mol. The van der Waals surface area contributed by atoms with E-state index in [2.05, 4.69) is 10.3 Å². The molecule has 0 unspecified atom stereocenters. The minimum absolute atomic E-state index is 0.107. The summed E-state index contributed by atoms with van der Waals surface area (Å²) in [6, 6.07) is 12.4. The number of benzene rings is 2. The topological polar surface area (TPSA) is 76.1 Å². The zero-order valence-electron chi connectivity index (χ0n) is 15.7. The molecule has 150 valence electrons. The summed E-state index contributed by atoms with van der Waals surface area (Å²) >= 11 is 1.23. The SMILES string of the molecule is CS(=O)(=O)c1cccc(C(=O)c2cnc(NC3(c4ccc(F)cc4)CCC3)s2)c1. The van der Waals surface area contributed by atoms with Crippen LogP contribution in [0.15, 0.2) is 59.6 Å². The molecule has 0 aliphatic heterocycles. The Morgan fingerprint density at radius 3 is 2.52 bits per heavy atom. The van der Waals surface area contributed by atoms with E-state index in [1.807, 2.05) is 0 Å². The van der Waals surface area contributed by atoms with E-state index in [1.54, 1.807) is 24.3 Å². The molecule has 4 rings (SSSR count). The lowest BCUT2D eigenvalue weighted by Crippen LogP contribution is -2.42. The van der Waals surface area contributed by atoms with Crippen LogP contribution in [-0.4, -0.2) is 25.4 Å². The Hall–Kier alpha value is -2.58. The van der Waals surface area contributed by atoms with Gasteiger partial charge in [-0.3, -0.25) is 4.79 Å². The molecule has 0 amide bonds. The average Bonchev–Trinajstić information content (AvgIpc) is 3.13. The summed E-state index contributed by atoms with van der Waals surface area (Å²) < 4.78 is 36.8. The second-order valence-electron chi connectivity index (χ2n) is 7.23. The Morgan fingerprint density at radius 1 is 1.17 bits per heavy atom. The van der Waals surface area contributed by atoms with Gasteiger partial charge < -0.3 is 5.32 Å². The van der Waals surface area contributed by atoms with Crippen molar-refractivity contribution in [3.8, 4) is 0 Å². The maximum absolute atomic E-state index is 13.3. The molecule has 1 aromatic heterocycles. The van der Waals surface area contributed by atoms with Crippen LogP contribution in [0.1, 0.15) is 40.1 Å². The van der Waals surface area contributed by atoms with E-state index in [9.17, 15) is 17.6 Å². The molecule has 0 atom stereocenters. The number of rotatable bonds is 6. The maximum atomic E-state index is 13.3. The third kappa shape index (κ3) is 3.95. The van der Waals surface area contributed by atoms with E-state index in [0.29, 0.717) is 15.6 Å². The van der Waals surface area contributed by atoms with Crippen molar-refractivity contribution in [2.24, 2.45) is 0 Å². The van der Waals surface area contributed by atoms with Crippen molar-refractivity contribution in [3.05, 3.63) is 76.5 Å². The third-order valence-electron chi connectivity index (χ3n) is 5.20. The Balaban J connectivity index is 1.57. The van der Waals surface area contributed by atoms with Crippen LogP contribution >= 0.6 is 11.3 Å². The van der Waals surface area contributed by atoms with Gasteiger partial charge in [0.25, 0.3) is 0 Å². The van der Waals surface area contributed by atoms with Crippen molar-refractivity contribution in [1.82, 2.24) is 4.98 Å². The largest absolute Gasteiger partial charge is 0.352 e. The molecule has 1 aliphatic carbocycles. The number of nitrogens with zero attached hydrogens (tertiary/aromatic N) is 1. The molecule has 0 spiro atoms. The van der Waals surface area contributed by atoms with Gasteiger partial charge in [0.1, 0.15) is 5.82 Å². The zero-order chi connectivity index (χ0) is 20.6. The Labute approximate surface area is 172 Å². The van der Waals surface area contributed by atoms with Gasteiger partial charge in [-0.05, 0) is 49.1 Å².